The number of nitrogens with zero attached hydrogens (tertiary/aromatic N) is 3. The summed E-state index contributed by atoms with van der Waals surface area (Å²) in [5, 5.41) is 5.97. The van der Waals surface area contributed by atoms with Gasteiger partial charge in [0, 0.05) is 18.2 Å². The third-order valence-electron chi connectivity index (χ3n) is 5.23. The maximum absolute atomic E-state index is 12.5. The van der Waals surface area contributed by atoms with E-state index >= 15 is 0 Å². The second-order valence-electron chi connectivity index (χ2n) is 7.50. The van der Waals surface area contributed by atoms with E-state index in [-0.39, 0.29) is 23.8 Å². The molecule has 2 N–H and O–H groups in total. The van der Waals surface area contributed by atoms with Gasteiger partial charge in [-0.2, -0.15) is 0 Å². The highest BCUT2D eigenvalue weighted by Crippen LogP contribution is 2.30. The molecule has 0 aliphatic heterocycles. The van der Waals surface area contributed by atoms with Crippen molar-refractivity contribution in [1.82, 2.24) is 19.9 Å². The second-order valence-corrected chi connectivity index (χ2v) is 7.50. The number of rotatable bonds is 5. The van der Waals surface area contributed by atoms with Crippen LogP contribution in [0.5, 0.6) is 0 Å². The van der Waals surface area contributed by atoms with Gasteiger partial charge in [0.05, 0.1) is 11.9 Å². The van der Waals surface area contributed by atoms with Crippen LogP contribution < -0.4 is 10.6 Å². The highest BCUT2D eigenvalue weighted by molar-refractivity contribution is 5.94. The summed E-state index contributed by atoms with van der Waals surface area (Å²) in [6.07, 6.45) is 13.8. The van der Waals surface area contributed by atoms with Gasteiger partial charge in [0.25, 0.3) is 5.91 Å². The average molecular weight is 367 g/mol. The van der Waals surface area contributed by atoms with Gasteiger partial charge in [-0.05, 0) is 37.8 Å². The normalized spacial score (nSPS) is 17.9. The van der Waals surface area contributed by atoms with E-state index in [0.717, 1.165) is 25.7 Å². The molecule has 2 aromatic heterocycles. The summed E-state index contributed by atoms with van der Waals surface area (Å²) in [6.45, 7) is 0. The van der Waals surface area contributed by atoms with Crippen LogP contribution in [0.2, 0.25) is 0 Å². The first-order chi connectivity index (χ1) is 13.2. The molecule has 0 atom stereocenters. The van der Waals surface area contributed by atoms with Gasteiger partial charge in [-0.3, -0.25) is 14.2 Å². The maximum atomic E-state index is 12.5. The summed E-state index contributed by atoms with van der Waals surface area (Å²) in [5.74, 6) is 0.743. The standard InChI is InChI=1S/C20H25N5O2/c26-19(14-7-8-14)24-16-9-10-18(21-11-16)25-12-17(22-13-25)20(27)23-15-5-3-1-2-4-6-15/h9-15H,1-8H2,(H,23,27)(H,24,26). The van der Waals surface area contributed by atoms with Gasteiger partial charge >= 0.3 is 0 Å². The lowest BCUT2D eigenvalue weighted by atomic mass is 10.1. The van der Waals surface area contributed by atoms with Crippen molar-refractivity contribution in [3.05, 3.63) is 36.5 Å². The molecule has 0 radical (unpaired) electrons. The molecule has 0 saturated heterocycles. The predicted molar refractivity (Wildman–Crippen MR) is 102 cm³/mol. The molecule has 0 bridgehead atoms. The molecule has 2 aliphatic carbocycles. The van der Waals surface area contributed by atoms with E-state index in [1.807, 2.05) is 6.07 Å². The lowest BCUT2D eigenvalue weighted by Crippen LogP contribution is -2.34. The van der Waals surface area contributed by atoms with E-state index in [0.29, 0.717) is 17.2 Å². The number of imidazole rings is 1. The van der Waals surface area contributed by atoms with Crippen LogP contribution in [0, 0.1) is 5.92 Å². The van der Waals surface area contributed by atoms with Crippen molar-refractivity contribution in [1.29, 1.82) is 0 Å². The van der Waals surface area contributed by atoms with E-state index in [4.69, 9.17) is 0 Å². The number of nitrogens with one attached hydrogen (secondary N) is 2. The van der Waals surface area contributed by atoms with E-state index in [2.05, 4.69) is 20.6 Å². The highest BCUT2D eigenvalue weighted by Gasteiger charge is 2.29. The third-order valence-corrected chi connectivity index (χ3v) is 5.23. The van der Waals surface area contributed by atoms with Crippen LogP contribution in [0.3, 0.4) is 0 Å². The average Bonchev–Trinajstić information content (AvgIpc) is 3.46. The number of aromatic nitrogens is 3. The first-order valence-corrected chi connectivity index (χ1v) is 9.81. The summed E-state index contributed by atoms with van der Waals surface area (Å²) in [5.41, 5.74) is 1.08. The van der Waals surface area contributed by atoms with E-state index < -0.39 is 0 Å². The Morgan fingerprint density at radius 3 is 2.44 bits per heavy atom. The van der Waals surface area contributed by atoms with Crippen LogP contribution in [0.1, 0.15) is 61.9 Å². The van der Waals surface area contributed by atoms with Crippen LogP contribution in [-0.2, 0) is 4.79 Å². The fourth-order valence-electron chi connectivity index (χ4n) is 3.45. The Hall–Kier alpha value is -2.70. The van der Waals surface area contributed by atoms with Crippen molar-refractivity contribution in [3.63, 3.8) is 0 Å². The molecule has 2 amide bonds. The topological polar surface area (TPSA) is 88.9 Å². The Labute approximate surface area is 158 Å². The zero-order valence-corrected chi connectivity index (χ0v) is 15.4. The van der Waals surface area contributed by atoms with Crippen LogP contribution in [-0.4, -0.2) is 32.4 Å². The minimum absolute atomic E-state index is 0.0599. The quantitative estimate of drug-likeness (QED) is 0.795. The number of hydrogen-bond acceptors (Lipinski definition) is 4. The second kappa shape index (κ2) is 7.90. The number of carbonyl (C=O) groups excluding carboxylic acids is 2. The highest BCUT2D eigenvalue weighted by atomic mass is 16.2. The van der Waals surface area contributed by atoms with Gasteiger partial charge in [0.1, 0.15) is 17.8 Å². The van der Waals surface area contributed by atoms with E-state index in [1.165, 1.54) is 25.7 Å². The Morgan fingerprint density at radius 2 is 1.78 bits per heavy atom. The lowest BCUT2D eigenvalue weighted by Gasteiger charge is -2.15. The molecule has 27 heavy (non-hydrogen) atoms. The summed E-state index contributed by atoms with van der Waals surface area (Å²) in [7, 11) is 0. The molecular weight excluding hydrogens is 342 g/mol. The first kappa shape index (κ1) is 17.7. The molecule has 7 nitrogen and oxygen atoms in total. The molecule has 4 rings (SSSR count). The number of carbonyl (C=O) groups is 2. The fourth-order valence-corrected chi connectivity index (χ4v) is 3.45. The molecule has 2 aliphatic rings. The molecule has 7 heteroatoms. The van der Waals surface area contributed by atoms with Gasteiger partial charge in [0.15, 0.2) is 0 Å². The zero-order valence-electron chi connectivity index (χ0n) is 15.4. The molecule has 0 unspecified atom stereocenters. The SMILES string of the molecule is O=C(NC1CCCCCC1)c1cn(-c2ccc(NC(=O)C3CC3)cn2)cn1. The Balaban J connectivity index is 1.37. The van der Waals surface area contributed by atoms with Gasteiger partial charge in [-0.25, -0.2) is 9.97 Å². The number of amides is 2. The monoisotopic (exact) mass is 367 g/mol. The van der Waals surface area contributed by atoms with Crippen molar-refractivity contribution < 1.29 is 9.59 Å². The Morgan fingerprint density at radius 1 is 1.00 bits per heavy atom. The molecule has 0 spiro atoms. The summed E-state index contributed by atoms with van der Waals surface area (Å²) >= 11 is 0. The molecule has 2 saturated carbocycles. The number of hydrogen-bond donors (Lipinski definition) is 2. The van der Waals surface area contributed by atoms with Crippen LogP contribution >= 0.6 is 0 Å². The fraction of sp³-hybridized carbons (Fsp3) is 0.500. The smallest absolute Gasteiger partial charge is 0.271 e. The Bertz CT molecular complexity index is 802. The van der Waals surface area contributed by atoms with Gasteiger partial charge in [-0.1, -0.05) is 25.7 Å². The number of anilines is 1. The summed E-state index contributed by atoms with van der Waals surface area (Å²) in [6, 6.07) is 3.86. The maximum Gasteiger partial charge on any atom is 0.271 e. The third kappa shape index (κ3) is 4.53. The molecular formula is C20H25N5O2. The van der Waals surface area contributed by atoms with Gasteiger partial charge in [0.2, 0.25) is 5.91 Å². The van der Waals surface area contributed by atoms with Gasteiger partial charge < -0.3 is 10.6 Å². The summed E-state index contributed by atoms with van der Waals surface area (Å²) in [4.78, 5) is 32.8. The van der Waals surface area contributed by atoms with Crippen LogP contribution in [0.4, 0.5) is 5.69 Å². The van der Waals surface area contributed by atoms with Crippen molar-refractivity contribution >= 4 is 17.5 Å². The molecule has 2 aromatic rings. The van der Waals surface area contributed by atoms with Crippen molar-refractivity contribution in [2.75, 3.05) is 5.32 Å². The predicted octanol–water partition coefficient (Wildman–Crippen LogP) is 3.07. The molecule has 142 valence electrons. The summed E-state index contributed by atoms with van der Waals surface area (Å²) < 4.78 is 1.72. The lowest BCUT2D eigenvalue weighted by molar-refractivity contribution is -0.117. The van der Waals surface area contributed by atoms with Crippen LogP contribution in [0.15, 0.2) is 30.9 Å². The first-order valence-electron chi connectivity index (χ1n) is 9.81. The van der Waals surface area contributed by atoms with Crippen molar-refractivity contribution in [3.8, 4) is 5.82 Å². The minimum Gasteiger partial charge on any atom is -0.348 e. The minimum atomic E-state index is -0.131. The van der Waals surface area contributed by atoms with Gasteiger partial charge in [-0.15, -0.1) is 0 Å². The largest absolute Gasteiger partial charge is 0.348 e. The van der Waals surface area contributed by atoms with E-state index in [1.54, 1.807) is 29.4 Å². The molecule has 2 heterocycles. The van der Waals surface area contributed by atoms with Crippen LogP contribution in [0.25, 0.3) is 5.82 Å². The van der Waals surface area contributed by atoms with Crippen molar-refractivity contribution in [2.24, 2.45) is 5.92 Å². The molecule has 2 fully saturated rings. The van der Waals surface area contributed by atoms with E-state index in [9.17, 15) is 9.59 Å². The molecule has 0 aromatic carbocycles. The Kier molecular flexibility index (Phi) is 5.18. The van der Waals surface area contributed by atoms with Crippen molar-refractivity contribution in [2.45, 2.75) is 57.4 Å². The zero-order chi connectivity index (χ0) is 18.6. The number of pyridine rings is 1.